The van der Waals surface area contributed by atoms with Gasteiger partial charge in [0.15, 0.2) is 0 Å². The molecule has 1 aromatic heterocycles. The van der Waals surface area contributed by atoms with E-state index in [2.05, 4.69) is 10.3 Å². The van der Waals surface area contributed by atoms with Crippen LogP contribution in [0.3, 0.4) is 0 Å². The lowest BCUT2D eigenvalue weighted by Crippen LogP contribution is -2.37. The molecule has 1 saturated heterocycles. The fourth-order valence-corrected chi connectivity index (χ4v) is 1.69. The van der Waals surface area contributed by atoms with E-state index in [1.54, 1.807) is 0 Å². The minimum Gasteiger partial charge on any atom is -0.468 e. The van der Waals surface area contributed by atoms with Crippen molar-refractivity contribution in [3.05, 3.63) is 28.4 Å². The maximum atomic E-state index is 10.7. The highest BCUT2D eigenvalue weighted by Crippen LogP contribution is 2.24. The van der Waals surface area contributed by atoms with Gasteiger partial charge in [-0.05, 0) is 25.5 Å². The number of aromatic nitrogens is 1. The molecule has 6 nitrogen and oxygen atoms in total. The second kappa shape index (κ2) is 6.36. The van der Waals surface area contributed by atoms with E-state index < -0.39 is 4.92 Å². The van der Waals surface area contributed by atoms with Gasteiger partial charge in [0.25, 0.3) is 5.88 Å². The fourth-order valence-electron chi connectivity index (χ4n) is 1.69. The normalized spacial score (nSPS) is 19.2. The zero-order chi connectivity index (χ0) is 11.4. The van der Waals surface area contributed by atoms with Crippen molar-refractivity contribution in [3.63, 3.8) is 0 Å². The van der Waals surface area contributed by atoms with Crippen molar-refractivity contribution in [1.29, 1.82) is 0 Å². The molecule has 0 aliphatic carbocycles. The van der Waals surface area contributed by atoms with Crippen molar-refractivity contribution < 1.29 is 9.66 Å². The van der Waals surface area contributed by atoms with Gasteiger partial charge >= 0.3 is 5.69 Å². The molecule has 0 amide bonds. The van der Waals surface area contributed by atoms with Crippen molar-refractivity contribution in [2.45, 2.75) is 18.9 Å². The first-order valence-electron chi connectivity index (χ1n) is 5.24. The zero-order valence-electron chi connectivity index (χ0n) is 9.17. The molecule has 1 atom stereocenters. The molecule has 7 heteroatoms. The summed E-state index contributed by atoms with van der Waals surface area (Å²) in [5.74, 6) is 0.112. The van der Waals surface area contributed by atoms with Crippen LogP contribution in [-0.4, -0.2) is 29.1 Å². The van der Waals surface area contributed by atoms with Gasteiger partial charge in [0, 0.05) is 18.8 Å². The molecule has 0 radical (unpaired) electrons. The number of hydrogen-bond acceptors (Lipinski definition) is 5. The lowest BCUT2D eigenvalue weighted by atomic mass is 10.1. The Bertz CT molecular complexity index is 383. The number of rotatable bonds is 3. The smallest absolute Gasteiger partial charge is 0.330 e. The van der Waals surface area contributed by atoms with Crippen LogP contribution in [0.2, 0.25) is 0 Å². The monoisotopic (exact) mass is 259 g/mol. The summed E-state index contributed by atoms with van der Waals surface area (Å²) in [6, 6.07) is 2.93. The number of nitrogens with zero attached hydrogens (tertiary/aromatic N) is 2. The maximum Gasteiger partial charge on any atom is 0.330 e. The first kappa shape index (κ1) is 13.7. The number of hydrogen-bond donors (Lipinski definition) is 1. The number of nitrogens with one attached hydrogen (secondary N) is 1. The molecular formula is C10H14ClN3O3. The lowest BCUT2D eigenvalue weighted by molar-refractivity contribution is -0.386. The third kappa shape index (κ3) is 3.54. The maximum absolute atomic E-state index is 10.7. The Labute approximate surface area is 105 Å². The summed E-state index contributed by atoms with van der Waals surface area (Å²) in [7, 11) is 0. The topological polar surface area (TPSA) is 77.3 Å². The predicted molar refractivity (Wildman–Crippen MR) is 64.7 cm³/mol. The summed E-state index contributed by atoms with van der Waals surface area (Å²) in [4.78, 5) is 14.2. The SMILES string of the molecule is Cl.O=[N+]([O-])c1cccnc1O[C@@H]1CCCNC1. The van der Waals surface area contributed by atoms with Crippen molar-refractivity contribution >= 4 is 18.1 Å². The quantitative estimate of drug-likeness (QED) is 0.658. The van der Waals surface area contributed by atoms with E-state index in [0.717, 1.165) is 19.4 Å². The van der Waals surface area contributed by atoms with Crippen LogP contribution >= 0.6 is 12.4 Å². The Morgan fingerprint density at radius 1 is 1.59 bits per heavy atom. The standard InChI is InChI=1S/C10H13N3O3.ClH/c14-13(15)9-4-2-6-12-10(9)16-8-3-1-5-11-7-8;/h2,4,6,8,11H,1,3,5,7H2;1H/t8-;/m1./s1. The number of halogens is 1. The molecule has 2 rings (SSSR count). The highest BCUT2D eigenvalue weighted by Gasteiger charge is 2.21. The van der Waals surface area contributed by atoms with Crippen molar-refractivity contribution in [2.24, 2.45) is 0 Å². The van der Waals surface area contributed by atoms with Crippen LogP contribution in [0.4, 0.5) is 5.69 Å². The summed E-state index contributed by atoms with van der Waals surface area (Å²) in [6.07, 6.45) is 3.40. The molecule has 0 aromatic carbocycles. The van der Waals surface area contributed by atoms with Crippen molar-refractivity contribution in [1.82, 2.24) is 10.3 Å². The van der Waals surface area contributed by atoms with E-state index in [4.69, 9.17) is 4.74 Å². The van der Waals surface area contributed by atoms with Gasteiger partial charge < -0.3 is 10.1 Å². The zero-order valence-corrected chi connectivity index (χ0v) is 9.98. The average Bonchev–Trinajstić information content (AvgIpc) is 2.31. The molecule has 94 valence electrons. The van der Waals surface area contributed by atoms with Crippen LogP contribution in [0.25, 0.3) is 0 Å². The summed E-state index contributed by atoms with van der Waals surface area (Å²) >= 11 is 0. The highest BCUT2D eigenvalue weighted by molar-refractivity contribution is 5.85. The Hall–Kier alpha value is -1.40. The number of piperidine rings is 1. The molecule has 1 aliphatic rings. The summed E-state index contributed by atoms with van der Waals surface area (Å²) < 4.78 is 5.53. The fraction of sp³-hybridized carbons (Fsp3) is 0.500. The second-order valence-electron chi connectivity index (χ2n) is 3.67. The van der Waals surface area contributed by atoms with Crippen LogP contribution in [0.15, 0.2) is 18.3 Å². The van der Waals surface area contributed by atoms with E-state index in [0.29, 0.717) is 6.54 Å². The van der Waals surface area contributed by atoms with Crippen LogP contribution in [0.1, 0.15) is 12.8 Å². The third-order valence-corrected chi connectivity index (χ3v) is 2.48. The van der Waals surface area contributed by atoms with Crippen molar-refractivity contribution in [2.75, 3.05) is 13.1 Å². The summed E-state index contributed by atoms with van der Waals surface area (Å²) in [5.41, 5.74) is -0.0759. The number of nitro groups is 1. The molecule has 1 N–H and O–H groups in total. The molecule has 0 spiro atoms. The van der Waals surface area contributed by atoms with Crippen LogP contribution < -0.4 is 10.1 Å². The van der Waals surface area contributed by atoms with Gasteiger partial charge in [0.05, 0.1) is 4.92 Å². The molecule has 0 unspecified atom stereocenters. The summed E-state index contributed by atoms with van der Waals surface area (Å²) in [6.45, 7) is 1.69. The Morgan fingerprint density at radius 3 is 3.06 bits per heavy atom. The first-order valence-corrected chi connectivity index (χ1v) is 5.24. The van der Waals surface area contributed by atoms with E-state index in [1.165, 1.54) is 18.3 Å². The first-order chi connectivity index (χ1) is 7.77. The second-order valence-corrected chi connectivity index (χ2v) is 3.67. The van der Waals surface area contributed by atoms with Gasteiger partial charge in [-0.25, -0.2) is 4.98 Å². The molecule has 1 aromatic rings. The average molecular weight is 260 g/mol. The largest absolute Gasteiger partial charge is 0.468 e. The predicted octanol–water partition coefficient (Wildman–Crippen LogP) is 1.54. The molecule has 1 fully saturated rings. The Morgan fingerprint density at radius 2 is 2.41 bits per heavy atom. The Balaban J connectivity index is 0.00000144. The minimum absolute atomic E-state index is 0. The number of pyridine rings is 1. The van der Waals surface area contributed by atoms with Crippen LogP contribution in [0, 0.1) is 10.1 Å². The van der Waals surface area contributed by atoms with Crippen LogP contribution in [0.5, 0.6) is 5.88 Å². The molecular weight excluding hydrogens is 246 g/mol. The van der Waals surface area contributed by atoms with E-state index in [-0.39, 0.29) is 30.1 Å². The van der Waals surface area contributed by atoms with Gasteiger partial charge in [-0.15, -0.1) is 12.4 Å². The van der Waals surface area contributed by atoms with Crippen LogP contribution in [-0.2, 0) is 0 Å². The third-order valence-electron chi connectivity index (χ3n) is 2.48. The van der Waals surface area contributed by atoms with Gasteiger partial charge in [-0.1, -0.05) is 0 Å². The van der Waals surface area contributed by atoms with Gasteiger partial charge in [0.1, 0.15) is 6.10 Å². The van der Waals surface area contributed by atoms with Crippen molar-refractivity contribution in [3.8, 4) is 5.88 Å². The van der Waals surface area contributed by atoms with E-state index in [1.807, 2.05) is 0 Å². The van der Waals surface area contributed by atoms with Gasteiger partial charge in [0.2, 0.25) is 0 Å². The molecule has 0 saturated carbocycles. The highest BCUT2D eigenvalue weighted by atomic mass is 35.5. The molecule has 1 aliphatic heterocycles. The number of ether oxygens (including phenoxy) is 1. The van der Waals surface area contributed by atoms with Gasteiger partial charge in [-0.2, -0.15) is 0 Å². The molecule has 2 heterocycles. The van der Waals surface area contributed by atoms with E-state index >= 15 is 0 Å². The molecule has 17 heavy (non-hydrogen) atoms. The lowest BCUT2D eigenvalue weighted by Gasteiger charge is -2.22. The Kier molecular flexibility index (Phi) is 5.11. The minimum atomic E-state index is -0.474. The van der Waals surface area contributed by atoms with E-state index in [9.17, 15) is 10.1 Å². The van der Waals surface area contributed by atoms with Gasteiger partial charge in [-0.3, -0.25) is 10.1 Å². The summed E-state index contributed by atoms with van der Waals surface area (Å²) in [5, 5.41) is 13.9. The molecule has 0 bridgehead atoms.